The van der Waals surface area contributed by atoms with E-state index in [0.29, 0.717) is 13.2 Å². The number of amides is 1. The van der Waals surface area contributed by atoms with Gasteiger partial charge in [0.25, 0.3) is 0 Å². The number of carbonyl (C=O) groups excluding carboxylic acids is 1. The quantitative estimate of drug-likeness (QED) is 0.521. The van der Waals surface area contributed by atoms with Crippen LogP contribution in [0.2, 0.25) is 0 Å². The van der Waals surface area contributed by atoms with Crippen LogP contribution in [0.25, 0.3) is 0 Å². The van der Waals surface area contributed by atoms with Gasteiger partial charge in [0.05, 0.1) is 12.6 Å². The molecule has 0 saturated carbocycles. The molecule has 0 unspecified atom stereocenters. The van der Waals surface area contributed by atoms with Gasteiger partial charge in [-0.25, -0.2) is 0 Å². The maximum Gasteiger partial charge on any atom is 0.323 e. The summed E-state index contributed by atoms with van der Waals surface area (Å²) in [6.07, 6.45) is 0.936. The Kier molecular flexibility index (Phi) is 7.54. The number of ether oxygens (including phenoxy) is 1. The van der Waals surface area contributed by atoms with E-state index in [1.165, 1.54) is 13.8 Å². The molecule has 1 amide bonds. The highest BCUT2D eigenvalue weighted by atomic mass is 16.5. The standard InChI is InChI=1S/C12H24N2O4/c1-9(2)18-7-5-6-13-10(15)8-14-12(3,4)11(16)17/h9,14H,5-8H2,1-4H3,(H,13,15)(H,16,17). The molecule has 6 nitrogen and oxygen atoms in total. The van der Waals surface area contributed by atoms with Gasteiger partial charge in [0.1, 0.15) is 5.54 Å². The highest BCUT2D eigenvalue weighted by Gasteiger charge is 2.26. The van der Waals surface area contributed by atoms with Crippen molar-refractivity contribution < 1.29 is 19.4 Å². The van der Waals surface area contributed by atoms with Crippen LogP contribution in [0.15, 0.2) is 0 Å². The Balaban J connectivity index is 3.64. The normalized spacial score (nSPS) is 11.6. The lowest BCUT2D eigenvalue weighted by Crippen LogP contribution is -2.50. The Labute approximate surface area is 108 Å². The van der Waals surface area contributed by atoms with Crippen LogP contribution in [0.4, 0.5) is 0 Å². The zero-order chi connectivity index (χ0) is 14.2. The summed E-state index contributed by atoms with van der Waals surface area (Å²) in [5.74, 6) is -1.20. The molecule has 0 spiro atoms. The van der Waals surface area contributed by atoms with Crippen LogP contribution in [-0.4, -0.2) is 48.3 Å². The smallest absolute Gasteiger partial charge is 0.323 e. The molecule has 0 fully saturated rings. The molecule has 0 aliphatic rings. The summed E-state index contributed by atoms with van der Waals surface area (Å²) in [5.41, 5.74) is -1.10. The van der Waals surface area contributed by atoms with E-state index in [4.69, 9.17) is 9.84 Å². The molecule has 0 heterocycles. The van der Waals surface area contributed by atoms with E-state index < -0.39 is 11.5 Å². The van der Waals surface area contributed by atoms with Gasteiger partial charge in [0.2, 0.25) is 5.91 Å². The minimum atomic E-state index is -1.10. The second kappa shape index (κ2) is 8.05. The van der Waals surface area contributed by atoms with Crippen molar-refractivity contribution in [2.24, 2.45) is 0 Å². The maximum atomic E-state index is 11.4. The summed E-state index contributed by atoms with van der Waals surface area (Å²) in [7, 11) is 0. The van der Waals surface area contributed by atoms with Crippen molar-refractivity contribution in [1.82, 2.24) is 10.6 Å². The molecule has 6 heteroatoms. The highest BCUT2D eigenvalue weighted by Crippen LogP contribution is 2.00. The first-order valence-electron chi connectivity index (χ1n) is 6.12. The first-order chi connectivity index (χ1) is 8.25. The number of carboxylic acids is 1. The molecule has 0 aromatic heterocycles. The van der Waals surface area contributed by atoms with E-state index >= 15 is 0 Å². The number of hydrogen-bond acceptors (Lipinski definition) is 4. The lowest BCUT2D eigenvalue weighted by molar-refractivity contribution is -0.143. The van der Waals surface area contributed by atoms with E-state index in [9.17, 15) is 9.59 Å². The molecular weight excluding hydrogens is 236 g/mol. The number of aliphatic carboxylic acids is 1. The predicted molar refractivity (Wildman–Crippen MR) is 68.4 cm³/mol. The number of rotatable bonds is 9. The fraction of sp³-hybridized carbons (Fsp3) is 0.833. The zero-order valence-electron chi connectivity index (χ0n) is 11.6. The van der Waals surface area contributed by atoms with Gasteiger partial charge in [-0.3, -0.25) is 14.9 Å². The van der Waals surface area contributed by atoms with Crippen LogP contribution in [0.1, 0.15) is 34.1 Å². The number of hydrogen-bond donors (Lipinski definition) is 3. The molecule has 0 aliphatic carbocycles. The highest BCUT2D eigenvalue weighted by molar-refractivity contribution is 5.81. The molecule has 0 aromatic rings. The first-order valence-corrected chi connectivity index (χ1v) is 6.12. The third-order valence-corrected chi connectivity index (χ3v) is 2.32. The summed E-state index contributed by atoms with van der Waals surface area (Å²) in [5, 5.41) is 14.2. The van der Waals surface area contributed by atoms with Crippen LogP contribution in [0.5, 0.6) is 0 Å². The van der Waals surface area contributed by atoms with Gasteiger partial charge < -0.3 is 15.2 Å². The average molecular weight is 260 g/mol. The van der Waals surface area contributed by atoms with Crippen LogP contribution in [0.3, 0.4) is 0 Å². The van der Waals surface area contributed by atoms with E-state index in [0.717, 1.165) is 6.42 Å². The van der Waals surface area contributed by atoms with Crippen LogP contribution < -0.4 is 10.6 Å². The van der Waals surface area contributed by atoms with Crippen LogP contribution >= 0.6 is 0 Å². The monoisotopic (exact) mass is 260 g/mol. The van der Waals surface area contributed by atoms with Crippen molar-refractivity contribution in [2.75, 3.05) is 19.7 Å². The summed E-state index contributed by atoms with van der Waals surface area (Å²) in [6.45, 7) is 8.06. The molecule has 0 rings (SSSR count). The fourth-order valence-electron chi connectivity index (χ4n) is 1.06. The Bertz CT molecular complexity index is 277. The Morgan fingerprint density at radius 3 is 2.44 bits per heavy atom. The lowest BCUT2D eigenvalue weighted by atomic mass is 10.1. The molecule has 0 saturated heterocycles. The maximum absolute atomic E-state index is 11.4. The van der Waals surface area contributed by atoms with Crippen molar-refractivity contribution in [3.8, 4) is 0 Å². The molecule has 0 atom stereocenters. The van der Waals surface area contributed by atoms with Gasteiger partial charge in [0, 0.05) is 13.2 Å². The average Bonchev–Trinajstić information content (AvgIpc) is 2.25. The molecule has 106 valence electrons. The topological polar surface area (TPSA) is 87.7 Å². The molecule has 18 heavy (non-hydrogen) atoms. The predicted octanol–water partition coefficient (Wildman–Crippen LogP) is 0.371. The van der Waals surface area contributed by atoms with Crippen molar-refractivity contribution in [3.05, 3.63) is 0 Å². The number of carboxylic acid groups (broad SMARTS) is 1. The van der Waals surface area contributed by atoms with Crippen molar-refractivity contribution in [2.45, 2.75) is 45.8 Å². The Hall–Kier alpha value is -1.14. The Morgan fingerprint density at radius 2 is 1.94 bits per heavy atom. The minimum Gasteiger partial charge on any atom is -0.480 e. The van der Waals surface area contributed by atoms with Crippen LogP contribution in [0, 0.1) is 0 Å². The number of carbonyl (C=O) groups is 2. The molecular formula is C12H24N2O4. The molecule has 0 aliphatic heterocycles. The van der Waals surface area contributed by atoms with Gasteiger partial charge in [-0.05, 0) is 34.1 Å². The van der Waals surface area contributed by atoms with Gasteiger partial charge in [0.15, 0.2) is 0 Å². The van der Waals surface area contributed by atoms with Gasteiger partial charge in [-0.15, -0.1) is 0 Å². The van der Waals surface area contributed by atoms with Crippen LogP contribution in [-0.2, 0) is 14.3 Å². The summed E-state index contributed by atoms with van der Waals surface area (Å²) in [4.78, 5) is 22.2. The zero-order valence-corrected chi connectivity index (χ0v) is 11.6. The van der Waals surface area contributed by atoms with Gasteiger partial charge >= 0.3 is 5.97 Å². The second-order valence-corrected chi connectivity index (χ2v) is 4.91. The Morgan fingerprint density at radius 1 is 1.33 bits per heavy atom. The summed E-state index contributed by atoms with van der Waals surface area (Å²) in [6, 6.07) is 0. The van der Waals surface area contributed by atoms with Crippen molar-refractivity contribution in [1.29, 1.82) is 0 Å². The van der Waals surface area contributed by atoms with Gasteiger partial charge in [-0.2, -0.15) is 0 Å². The SMILES string of the molecule is CC(C)OCCCNC(=O)CNC(C)(C)C(=O)O. The third-order valence-electron chi connectivity index (χ3n) is 2.32. The summed E-state index contributed by atoms with van der Waals surface area (Å²) >= 11 is 0. The minimum absolute atomic E-state index is 0.00959. The van der Waals surface area contributed by atoms with E-state index in [1.54, 1.807) is 0 Å². The first kappa shape index (κ1) is 16.9. The van der Waals surface area contributed by atoms with Gasteiger partial charge in [-0.1, -0.05) is 0 Å². The largest absolute Gasteiger partial charge is 0.480 e. The van der Waals surface area contributed by atoms with E-state index in [1.807, 2.05) is 13.8 Å². The molecule has 0 aromatic carbocycles. The second-order valence-electron chi connectivity index (χ2n) is 4.91. The number of nitrogens with one attached hydrogen (secondary N) is 2. The van der Waals surface area contributed by atoms with E-state index in [-0.39, 0.29) is 18.6 Å². The van der Waals surface area contributed by atoms with Crippen molar-refractivity contribution >= 4 is 11.9 Å². The van der Waals surface area contributed by atoms with Crippen molar-refractivity contribution in [3.63, 3.8) is 0 Å². The molecule has 0 radical (unpaired) electrons. The third kappa shape index (κ3) is 8.03. The molecule has 3 N–H and O–H groups in total. The lowest BCUT2D eigenvalue weighted by Gasteiger charge is -2.20. The summed E-state index contributed by atoms with van der Waals surface area (Å²) < 4.78 is 5.32. The molecule has 0 bridgehead atoms. The fourth-order valence-corrected chi connectivity index (χ4v) is 1.06. The van der Waals surface area contributed by atoms with E-state index in [2.05, 4.69) is 10.6 Å².